The van der Waals surface area contributed by atoms with Crippen LogP contribution in [-0.2, 0) is 4.79 Å². The zero-order chi connectivity index (χ0) is 44.2. The summed E-state index contributed by atoms with van der Waals surface area (Å²) in [4.78, 5) is 12.5. The van der Waals surface area contributed by atoms with Gasteiger partial charge in [-0.15, -0.1) is 0 Å². The Kier molecular flexibility index (Phi) is 49.8. The molecule has 0 saturated heterocycles. The van der Waals surface area contributed by atoms with Crippen LogP contribution in [0.3, 0.4) is 0 Å². The molecule has 352 valence electrons. The number of carbonyl (C=O) groups is 1. The summed E-state index contributed by atoms with van der Waals surface area (Å²) < 4.78 is 0. The monoisotopic (exact) mass is 848 g/mol. The molecule has 2 atom stereocenters. The number of hydrogen-bond acceptors (Lipinski definition) is 3. The fraction of sp³-hybridized carbons (Fsp3) is 0.737. The van der Waals surface area contributed by atoms with Crippen LogP contribution < -0.4 is 5.32 Å². The summed E-state index contributed by atoms with van der Waals surface area (Å²) in [6.45, 7) is 4.20. The van der Waals surface area contributed by atoms with E-state index in [1.54, 1.807) is 6.08 Å². The van der Waals surface area contributed by atoms with Gasteiger partial charge in [-0.1, -0.05) is 259 Å². The molecule has 0 aliphatic carbocycles. The second-order valence-electron chi connectivity index (χ2n) is 17.6. The Morgan fingerprint density at radius 1 is 0.410 bits per heavy atom. The molecule has 0 bridgehead atoms. The smallest absolute Gasteiger partial charge is 0.220 e. The van der Waals surface area contributed by atoms with E-state index in [2.05, 4.69) is 92.1 Å². The first-order valence-corrected chi connectivity index (χ1v) is 26.3. The maximum atomic E-state index is 12.5. The molecule has 0 aromatic heterocycles. The van der Waals surface area contributed by atoms with Gasteiger partial charge in [-0.25, -0.2) is 0 Å². The Morgan fingerprint density at radius 2 is 0.721 bits per heavy atom. The maximum absolute atomic E-state index is 12.5. The largest absolute Gasteiger partial charge is 0.394 e. The molecule has 0 rings (SSSR count). The molecule has 0 heterocycles. The summed E-state index contributed by atoms with van der Waals surface area (Å²) in [7, 11) is 0. The van der Waals surface area contributed by atoms with Crippen LogP contribution in [0.15, 0.2) is 85.1 Å². The lowest BCUT2D eigenvalue weighted by atomic mass is 10.0. The number of hydrogen-bond donors (Lipinski definition) is 3. The topological polar surface area (TPSA) is 69.6 Å². The molecule has 0 aliphatic heterocycles. The van der Waals surface area contributed by atoms with Crippen LogP contribution in [0.25, 0.3) is 0 Å². The van der Waals surface area contributed by atoms with E-state index in [4.69, 9.17) is 0 Å². The van der Waals surface area contributed by atoms with E-state index in [9.17, 15) is 15.0 Å². The molecular formula is C57H101NO3. The summed E-state index contributed by atoms with van der Waals surface area (Å²) in [6.07, 6.45) is 75.7. The van der Waals surface area contributed by atoms with E-state index < -0.39 is 12.1 Å². The average Bonchev–Trinajstić information content (AvgIpc) is 3.26. The minimum Gasteiger partial charge on any atom is -0.394 e. The molecule has 4 nitrogen and oxygen atoms in total. The summed E-state index contributed by atoms with van der Waals surface area (Å²) in [6, 6.07) is -0.628. The van der Waals surface area contributed by atoms with Gasteiger partial charge in [0, 0.05) is 6.42 Å². The van der Waals surface area contributed by atoms with Crippen molar-refractivity contribution in [3.05, 3.63) is 85.1 Å². The highest BCUT2D eigenvalue weighted by atomic mass is 16.3. The minimum atomic E-state index is -0.844. The lowest BCUT2D eigenvalue weighted by molar-refractivity contribution is -0.123. The van der Waals surface area contributed by atoms with Gasteiger partial charge in [-0.3, -0.25) is 4.79 Å². The van der Waals surface area contributed by atoms with E-state index in [1.165, 1.54) is 167 Å². The van der Waals surface area contributed by atoms with Crippen LogP contribution in [-0.4, -0.2) is 34.9 Å². The quantitative estimate of drug-likeness (QED) is 0.0422. The zero-order valence-electron chi connectivity index (χ0n) is 40.4. The van der Waals surface area contributed by atoms with Crippen molar-refractivity contribution in [3.8, 4) is 0 Å². The molecule has 0 aliphatic rings. The van der Waals surface area contributed by atoms with Gasteiger partial charge in [0.15, 0.2) is 0 Å². The standard InChI is InChI=1S/C57H101NO3/c1-3-5-7-9-11-13-15-17-19-21-23-24-25-26-27-28-29-30-31-32-33-34-35-37-39-41-43-45-47-49-51-53-57(61)58-55(54-59)56(60)52-50-48-46-44-42-40-38-36-22-20-18-16-14-12-10-8-6-4-2/h5,7,11,13,17,19,23-24,26-27,29-30,50,52,55-56,59-60H,3-4,6,8-10,12,14-16,18,20-22,25,28,31-49,51,53-54H2,1-2H3,(H,58,61)/b7-5-,13-11-,19-17-,24-23-,27-26-,30-29-,52-50+. The van der Waals surface area contributed by atoms with Crippen molar-refractivity contribution in [2.75, 3.05) is 6.61 Å². The van der Waals surface area contributed by atoms with E-state index in [0.29, 0.717) is 6.42 Å². The third-order valence-corrected chi connectivity index (χ3v) is 11.6. The van der Waals surface area contributed by atoms with Crippen LogP contribution in [0.4, 0.5) is 0 Å². The summed E-state index contributed by atoms with van der Waals surface area (Å²) in [5.74, 6) is -0.0679. The number of amides is 1. The molecule has 0 spiro atoms. The minimum absolute atomic E-state index is 0.0679. The molecule has 61 heavy (non-hydrogen) atoms. The lowest BCUT2D eigenvalue weighted by Crippen LogP contribution is -2.45. The van der Waals surface area contributed by atoms with Gasteiger partial charge in [-0.2, -0.15) is 0 Å². The van der Waals surface area contributed by atoms with Crippen molar-refractivity contribution >= 4 is 5.91 Å². The normalized spacial score (nSPS) is 13.6. The summed E-state index contributed by atoms with van der Waals surface area (Å²) in [5.41, 5.74) is 0. The average molecular weight is 848 g/mol. The van der Waals surface area contributed by atoms with Crippen LogP contribution in [0.5, 0.6) is 0 Å². The highest BCUT2D eigenvalue weighted by Crippen LogP contribution is 2.16. The molecular weight excluding hydrogens is 747 g/mol. The Morgan fingerprint density at radius 3 is 1.08 bits per heavy atom. The van der Waals surface area contributed by atoms with E-state index in [0.717, 1.165) is 64.2 Å². The van der Waals surface area contributed by atoms with Gasteiger partial charge in [0.1, 0.15) is 0 Å². The fourth-order valence-electron chi connectivity index (χ4n) is 7.65. The molecule has 0 radical (unpaired) electrons. The molecule has 0 fully saturated rings. The Bertz CT molecular complexity index is 1100. The fourth-order valence-corrected chi connectivity index (χ4v) is 7.65. The van der Waals surface area contributed by atoms with E-state index >= 15 is 0 Å². The molecule has 1 amide bonds. The van der Waals surface area contributed by atoms with E-state index in [-0.39, 0.29) is 12.5 Å². The van der Waals surface area contributed by atoms with Gasteiger partial charge >= 0.3 is 0 Å². The number of aliphatic hydroxyl groups is 2. The van der Waals surface area contributed by atoms with Crippen molar-refractivity contribution in [2.24, 2.45) is 0 Å². The summed E-state index contributed by atoms with van der Waals surface area (Å²) >= 11 is 0. The number of rotatable bonds is 47. The number of unbranched alkanes of at least 4 members (excludes halogenated alkanes) is 28. The number of allylic oxidation sites excluding steroid dienone is 13. The molecule has 3 N–H and O–H groups in total. The van der Waals surface area contributed by atoms with Gasteiger partial charge in [0.25, 0.3) is 0 Å². The first-order chi connectivity index (χ1) is 30.2. The predicted octanol–water partition coefficient (Wildman–Crippen LogP) is 17.2. The number of carbonyl (C=O) groups excluding carboxylic acids is 1. The summed E-state index contributed by atoms with van der Waals surface area (Å²) in [5, 5.41) is 23.1. The predicted molar refractivity (Wildman–Crippen MR) is 271 cm³/mol. The Hall–Kier alpha value is -2.43. The highest BCUT2D eigenvalue weighted by molar-refractivity contribution is 5.76. The van der Waals surface area contributed by atoms with Crippen molar-refractivity contribution in [1.29, 1.82) is 0 Å². The van der Waals surface area contributed by atoms with Crippen molar-refractivity contribution in [2.45, 2.75) is 264 Å². The molecule has 2 unspecified atom stereocenters. The third kappa shape index (κ3) is 48.5. The van der Waals surface area contributed by atoms with Gasteiger partial charge in [0.2, 0.25) is 5.91 Å². The molecule has 4 heteroatoms. The SMILES string of the molecule is CC/C=C\C/C=C\C/C=C\C/C=C\C/C=C\C/C=C\CCCCCCCCCCCCCCC(=O)NC(CO)C(O)/C=C/CCCCCCCCCCCCCCCCCC. The van der Waals surface area contributed by atoms with Crippen molar-refractivity contribution in [3.63, 3.8) is 0 Å². The van der Waals surface area contributed by atoms with Crippen molar-refractivity contribution < 1.29 is 15.0 Å². The van der Waals surface area contributed by atoms with Gasteiger partial charge < -0.3 is 15.5 Å². The Labute approximate surface area is 380 Å². The van der Waals surface area contributed by atoms with E-state index in [1.807, 2.05) is 6.08 Å². The van der Waals surface area contributed by atoms with Crippen LogP contribution >= 0.6 is 0 Å². The second-order valence-corrected chi connectivity index (χ2v) is 17.6. The first kappa shape index (κ1) is 58.6. The third-order valence-electron chi connectivity index (χ3n) is 11.6. The number of nitrogens with one attached hydrogen (secondary N) is 1. The van der Waals surface area contributed by atoms with Crippen molar-refractivity contribution in [1.82, 2.24) is 5.32 Å². The molecule has 0 aromatic rings. The zero-order valence-corrected chi connectivity index (χ0v) is 40.4. The first-order valence-electron chi connectivity index (χ1n) is 26.3. The second kappa shape index (κ2) is 51.9. The Balaban J connectivity index is 3.56. The maximum Gasteiger partial charge on any atom is 0.220 e. The van der Waals surface area contributed by atoms with Crippen LogP contribution in [0.1, 0.15) is 251 Å². The van der Waals surface area contributed by atoms with Gasteiger partial charge in [-0.05, 0) is 70.6 Å². The van der Waals surface area contributed by atoms with Crippen LogP contribution in [0, 0.1) is 0 Å². The molecule has 0 aromatic carbocycles. The molecule has 0 saturated carbocycles. The van der Waals surface area contributed by atoms with Gasteiger partial charge in [0.05, 0.1) is 18.8 Å². The lowest BCUT2D eigenvalue weighted by Gasteiger charge is -2.20. The number of aliphatic hydroxyl groups excluding tert-OH is 2. The van der Waals surface area contributed by atoms with Crippen LogP contribution in [0.2, 0.25) is 0 Å². The highest BCUT2D eigenvalue weighted by Gasteiger charge is 2.18.